The summed E-state index contributed by atoms with van der Waals surface area (Å²) in [5, 5.41) is 4.27. The van der Waals surface area contributed by atoms with Gasteiger partial charge in [0, 0.05) is 22.8 Å². The van der Waals surface area contributed by atoms with Gasteiger partial charge >= 0.3 is 5.91 Å². The van der Waals surface area contributed by atoms with Crippen LogP contribution in [0.3, 0.4) is 0 Å². The average Bonchev–Trinajstić information content (AvgIpc) is 3.04. The molecule has 0 fully saturated rings. The van der Waals surface area contributed by atoms with E-state index in [0.717, 1.165) is 32.8 Å². The Labute approximate surface area is 168 Å². The number of hydrogen-bond acceptors (Lipinski definition) is 4. The molecule has 2 aliphatic heterocycles. The van der Waals surface area contributed by atoms with Crippen molar-refractivity contribution >= 4 is 27.3 Å². The maximum absolute atomic E-state index is 6.52. The smallest absolute Gasteiger partial charge is 0.315 e. The maximum atomic E-state index is 6.52. The molecule has 4 aromatic carbocycles. The second-order valence-electron chi connectivity index (χ2n) is 7.35. The number of benzene rings is 4. The monoisotopic (exact) mass is 381 g/mol. The van der Waals surface area contributed by atoms with Gasteiger partial charge in [-0.1, -0.05) is 85.8 Å². The van der Waals surface area contributed by atoms with E-state index in [0.29, 0.717) is 17.9 Å². The van der Waals surface area contributed by atoms with Gasteiger partial charge in [0.2, 0.25) is 6.29 Å². The van der Waals surface area contributed by atoms with E-state index in [4.69, 9.17) is 19.2 Å². The molecule has 0 N–H and O–H groups in total. The molecule has 142 valence electrons. The summed E-state index contributed by atoms with van der Waals surface area (Å²) in [6.45, 7) is 2.02. The van der Waals surface area contributed by atoms with Crippen molar-refractivity contribution in [3.05, 3.63) is 84.4 Å². The fourth-order valence-electron chi connectivity index (χ4n) is 4.22. The molecule has 4 heteroatoms. The number of aliphatic imine (C=N–C) groups is 1. The van der Waals surface area contributed by atoms with Gasteiger partial charge in [0.25, 0.3) is 0 Å². The molecule has 6 rings (SSSR count). The van der Waals surface area contributed by atoms with Gasteiger partial charge in [-0.05, 0) is 10.8 Å². The van der Waals surface area contributed by atoms with Crippen molar-refractivity contribution in [3.63, 3.8) is 0 Å². The molecular formula is C25H19NO3. The van der Waals surface area contributed by atoms with Crippen LogP contribution in [0.25, 0.3) is 21.5 Å². The summed E-state index contributed by atoms with van der Waals surface area (Å²) < 4.78 is 19.3. The molecule has 0 unspecified atom stereocenters. The summed E-state index contributed by atoms with van der Waals surface area (Å²) in [5.41, 5.74) is 1.74. The van der Waals surface area contributed by atoms with Crippen molar-refractivity contribution in [2.75, 3.05) is 0 Å². The zero-order chi connectivity index (χ0) is 19.4. The van der Waals surface area contributed by atoms with Crippen LogP contribution in [0.5, 0.6) is 11.5 Å². The molecule has 2 bridgehead atoms. The molecule has 0 aliphatic carbocycles. The van der Waals surface area contributed by atoms with Gasteiger partial charge in [-0.25, -0.2) is 4.99 Å². The highest BCUT2D eigenvalue weighted by Gasteiger charge is 2.48. The lowest BCUT2D eigenvalue weighted by Crippen LogP contribution is -2.35. The maximum Gasteiger partial charge on any atom is 0.315 e. The van der Waals surface area contributed by atoms with Gasteiger partial charge in [0.1, 0.15) is 5.71 Å². The van der Waals surface area contributed by atoms with E-state index in [1.165, 1.54) is 0 Å². The molecule has 2 atom stereocenters. The van der Waals surface area contributed by atoms with E-state index in [2.05, 4.69) is 24.3 Å². The van der Waals surface area contributed by atoms with E-state index in [-0.39, 0.29) is 0 Å². The third-order valence-electron chi connectivity index (χ3n) is 5.65. The minimum absolute atomic E-state index is 0.573. The number of fused-ring (bicyclic) bond motifs is 8. The second-order valence-corrected chi connectivity index (χ2v) is 7.35. The Morgan fingerprint density at radius 2 is 1.34 bits per heavy atom. The Kier molecular flexibility index (Phi) is 3.46. The Hall–Kier alpha value is -3.37. The highest BCUT2D eigenvalue weighted by molar-refractivity contribution is 6.14. The number of nitrogens with zero attached hydrogens (tertiary/aromatic N) is 1. The largest absolute Gasteiger partial charge is 0.454 e. The minimum atomic E-state index is -1.09. The average molecular weight is 381 g/mol. The molecular weight excluding hydrogens is 362 g/mol. The zero-order valence-corrected chi connectivity index (χ0v) is 16.0. The van der Waals surface area contributed by atoms with Gasteiger partial charge in [-0.3, -0.25) is 4.74 Å². The second kappa shape index (κ2) is 6.06. The molecule has 0 radical (unpaired) electrons. The van der Waals surface area contributed by atoms with Crippen molar-refractivity contribution in [3.8, 4) is 11.5 Å². The van der Waals surface area contributed by atoms with Crippen LogP contribution in [0.4, 0.5) is 0 Å². The Balaban J connectivity index is 1.63. The van der Waals surface area contributed by atoms with Crippen LogP contribution < -0.4 is 9.47 Å². The summed E-state index contributed by atoms with van der Waals surface area (Å²) in [4.78, 5) is 4.86. The third-order valence-corrected chi connectivity index (χ3v) is 5.65. The molecule has 2 aliphatic rings. The highest BCUT2D eigenvalue weighted by atomic mass is 16.8. The van der Waals surface area contributed by atoms with Gasteiger partial charge in [0.05, 0.1) is 0 Å². The Bertz CT molecular complexity index is 1280. The lowest BCUT2D eigenvalue weighted by Gasteiger charge is -2.24. The predicted octanol–water partition coefficient (Wildman–Crippen LogP) is 5.67. The van der Waals surface area contributed by atoms with Crippen molar-refractivity contribution < 1.29 is 14.2 Å². The SMILES string of the molecule is CC[C@@]12N=C(c3ccccc3)[C@@H](Oc3c(c4ccccc4c4ccccc34)O1)O2. The summed E-state index contributed by atoms with van der Waals surface area (Å²) in [6.07, 6.45) is -0.0489. The molecule has 0 aromatic heterocycles. The standard InChI is InChI=1S/C25H19NO3/c1-2-25-26-21(16-10-4-3-5-11-16)24(29-25)27-22-19-14-8-6-12-17(19)18-13-7-9-15-20(18)23(22)28-25/h3-15,24H,2H2,1H3/t24-,25+/m0/s1. The Morgan fingerprint density at radius 3 is 2.00 bits per heavy atom. The van der Waals surface area contributed by atoms with Crippen molar-refractivity contribution in [1.82, 2.24) is 0 Å². The lowest BCUT2D eigenvalue weighted by atomic mass is 9.99. The summed E-state index contributed by atoms with van der Waals surface area (Å²) in [7, 11) is 0. The molecule has 29 heavy (non-hydrogen) atoms. The summed E-state index contributed by atoms with van der Waals surface area (Å²) in [5.74, 6) is 0.314. The minimum Gasteiger partial charge on any atom is -0.454 e. The quantitative estimate of drug-likeness (QED) is 0.420. The number of ether oxygens (including phenoxy) is 3. The van der Waals surface area contributed by atoms with Crippen LogP contribution in [-0.2, 0) is 4.74 Å². The van der Waals surface area contributed by atoms with E-state index in [1.54, 1.807) is 0 Å². The summed E-state index contributed by atoms with van der Waals surface area (Å²) >= 11 is 0. The first-order valence-corrected chi connectivity index (χ1v) is 9.90. The van der Waals surface area contributed by atoms with Gasteiger partial charge < -0.3 is 9.47 Å². The zero-order valence-electron chi connectivity index (χ0n) is 16.0. The first-order chi connectivity index (χ1) is 14.3. The molecule has 4 nitrogen and oxygen atoms in total. The van der Waals surface area contributed by atoms with Crippen molar-refractivity contribution in [2.24, 2.45) is 4.99 Å². The van der Waals surface area contributed by atoms with E-state index < -0.39 is 12.2 Å². The first kappa shape index (κ1) is 16.6. The third kappa shape index (κ3) is 2.39. The van der Waals surface area contributed by atoms with Crippen LogP contribution in [0.2, 0.25) is 0 Å². The summed E-state index contributed by atoms with van der Waals surface area (Å²) in [6, 6.07) is 26.5. The van der Waals surface area contributed by atoms with Gasteiger partial charge in [-0.15, -0.1) is 0 Å². The van der Waals surface area contributed by atoms with Gasteiger partial charge in [0.15, 0.2) is 11.5 Å². The normalized spacial score (nSPS) is 22.5. The van der Waals surface area contributed by atoms with E-state index in [1.807, 2.05) is 61.5 Å². The van der Waals surface area contributed by atoms with Crippen LogP contribution in [-0.4, -0.2) is 17.9 Å². The van der Waals surface area contributed by atoms with Gasteiger partial charge in [-0.2, -0.15) is 0 Å². The fourth-order valence-corrected chi connectivity index (χ4v) is 4.22. The molecule has 0 saturated carbocycles. The predicted molar refractivity (Wildman–Crippen MR) is 114 cm³/mol. The van der Waals surface area contributed by atoms with Crippen LogP contribution in [0.15, 0.2) is 83.9 Å². The van der Waals surface area contributed by atoms with Crippen LogP contribution in [0, 0.1) is 0 Å². The molecule has 0 spiro atoms. The van der Waals surface area contributed by atoms with E-state index in [9.17, 15) is 0 Å². The van der Waals surface area contributed by atoms with Crippen LogP contribution >= 0.6 is 0 Å². The van der Waals surface area contributed by atoms with Crippen LogP contribution in [0.1, 0.15) is 18.9 Å². The number of hydrogen-bond donors (Lipinski definition) is 0. The topological polar surface area (TPSA) is 40.0 Å². The lowest BCUT2D eigenvalue weighted by molar-refractivity contribution is -0.201. The molecule has 2 heterocycles. The molecule has 0 saturated heterocycles. The molecule has 0 amide bonds. The van der Waals surface area contributed by atoms with Crippen molar-refractivity contribution in [2.45, 2.75) is 25.5 Å². The fraction of sp³-hybridized carbons (Fsp3) is 0.160. The van der Waals surface area contributed by atoms with E-state index >= 15 is 0 Å². The van der Waals surface area contributed by atoms with Crippen molar-refractivity contribution in [1.29, 1.82) is 0 Å². The first-order valence-electron chi connectivity index (χ1n) is 9.90. The molecule has 4 aromatic rings. The highest BCUT2D eigenvalue weighted by Crippen LogP contribution is 2.49. The number of rotatable bonds is 2. The Morgan fingerprint density at radius 1 is 0.759 bits per heavy atom.